The molecular weight excluding hydrogens is 155 g/mol. The molecule has 0 radical (unpaired) electrons. The van der Waals surface area contributed by atoms with E-state index in [0.29, 0.717) is 0 Å². The SMILES string of the molecule is C=C(C=O)S(=O)(=O)[O-].[Na+]. The van der Waals surface area contributed by atoms with E-state index in [-0.39, 0.29) is 35.8 Å². The van der Waals surface area contributed by atoms with E-state index >= 15 is 0 Å². The molecule has 0 spiro atoms. The molecule has 4 nitrogen and oxygen atoms in total. The van der Waals surface area contributed by atoms with E-state index in [1.54, 1.807) is 0 Å². The van der Waals surface area contributed by atoms with Crippen LogP contribution in [0.5, 0.6) is 0 Å². The third-order valence-electron chi connectivity index (χ3n) is 0.453. The zero-order valence-corrected chi connectivity index (χ0v) is 7.64. The van der Waals surface area contributed by atoms with Crippen molar-refractivity contribution >= 4 is 16.4 Å². The monoisotopic (exact) mass is 158 g/mol. The van der Waals surface area contributed by atoms with E-state index in [1.807, 2.05) is 0 Å². The molecule has 6 heteroatoms. The molecule has 0 aromatic carbocycles. The molecule has 0 saturated carbocycles. The fourth-order valence-electron chi connectivity index (χ4n) is 0.0589. The number of allylic oxidation sites excluding steroid dienone is 1. The third-order valence-corrected chi connectivity index (χ3v) is 1.19. The Balaban J connectivity index is 0. The summed E-state index contributed by atoms with van der Waals surface area (Å²) in [4.78, 5) is 8.54. The summed E-state index contributed by atoms with van der Waals surface area (Å²) in [5.41, 5.74) is 0. The van der Waals surface area contributed by atoms with E-state index in [0.717, 1.165) is 0 Å². The van der Waals surface area contributed by atoms with Gasteiger partial charge in [-0.1, -0.05) is 6.58 Å². The summed E-state index contributed by atoms with van der Waals surface area (Å²) in [5.74, 6) is 0. The zero-order valence-electron chi connectivity index (χ0n) is 4.83. The second-order valence-electron chi connectivity index (χ2n) is 1.04. The van der Waals surface area contributed by atoms with E-state index in [2.05, 4.69) is 6.58 Å². The molecule has 0 N–H and O–H groups in total. The van der Waals surface area contributed by atoms with Crippen molar-refractivity contribution in [1.82, 2.24) is 0 Å². The average Bonchev–Trinajstić information content (AvgIpc) is 1.62. The van der Waals surface area contributed by atoms with Crippen molar-refractivity contribution in [1.29, 1.82) is 0 Å². The van der Waals surface area contributed by atoms with Crippen LogP contribution in [0.15, 0.2) is 11.5 Å². The minimum atomic E-state index is -4.57. The first kappa shape index (κ1) is 12.0. The van der Waals surface area contributed by atoms with E-state index in [4.69, 9.17) is 0 Å². The number of hydrogen-bond acceptors (Lipinski definition) is 4. The van der Waals surface area contributed by atoms with Gasteiger partial charge in [-0.25, -0.2) is 8.42 Å². The number of rotatable bonds is 2. The zero-order chi connectivity index (χ0) is 6.78. The van der Waals surface area contributed by atoms with Crippen molar-refractivity contribution in [3.8, 4) is 0 Å². The van der Waals surface area contributed by atoms with Crippen LogP contribution in [0.25, 0.3) is 0 Å². The molecular formula is C3H3NaO4S. The molecule has 9 heavy (non-hydrogen) atoms. The Morgan fingerprint density at radius 1 is 1.56 bits per heavy atom. The Bertz CT molecular complexity index is 204. The number of aldehydes is 1. The summed E-state index contributed by atoms with van der Waals surface area (Å²) < 4.78 is 29.0. The number of hydrogen-bond donors (Lipinski definition) is 0. The quantitative estimate of drug-likeness (QED) is 0.179. The van der Waals surface area contributed by atoms with Gasteiger partial charge in [0.25, 0.3) is 0 Å². The minimum absolute atomic E-state index is 0. The summed E-state index contributed by atoms with van der Waals surface area (Å²) in [5, 5.41) is 0. The Morgan fingerprint density at radius 3 is 1.89 bits per heavy atom. The average molecular weight is 158 g/mol. The maximum absolute atomic E-state index is 9.68. The van der Waals surface area contributed by atoms with Crippen LogP contribution in [-0.4, -0.2) is 19.3 Å². The Kier molecular flexibility index (Phi) is 5.60. The van der Waals surface area contributed by atoms with E-state index < -0.39 is 15.0 Å². The number of carbonyl (C=O) groups excluding carboxylic acids is 1. The second-order valence-corrected chi connectivity index (χ2v) is 2.47. The van der Waals surface area contributed by atoms with Gasteiger partial charge in [0, 0.05) is 0 Å². The van der Waals surface area contributed by atoms with Crippen LogP contribution in [0.4, 0.5) is 0 Å². The Labute approximate surface area is 75.0 Å². The summed E-state index contributed by atoms with van der Waals surface area (Å²) in [6.45, 7) is 2.68. The van der Waals surface area contributed by atoms with Crippen molar-refractivity contribution in [2.75, 3.05) is 0 Å². The van der Waals surface area contributed by atoms with Crippen LogP contribution >= 0.6 is 0 Å². The first-order chi connectivity index (χ1) is 3.48. The van der Waals surface area contributed by atoms with Gasteiger partial charge in [0.15, 0.2) is 6.29 Å². The topological polar surface area (TPSA) is 74.3 Å². The normalized spacial score (nSPS) is 9.44. The van der Waals surface area contributed by atoms with Crippen LogP contribution in [-0.2, 0) is 14.9 Å². The second kappa shape index (κ2) is 4.19. The molecule has 0 atom stereocenters. The van der Waals surface area contributed by atoms with Crippen molar-refractivity contribution in [3.63, 3.8) is 0 Å². The van der Waals surface area contributed by atoms with Gasteiger partial charge in [-0.2, -0.15) is 0 Å². The molecule has 0 aliphatic heterocycles. The van der Waals surface area contributed by atoms with Gasteiger partial charge >= 0.3 is 29.6 Å². The van der Waals surface area contributed by atoms with E-state index in [1.165, 1.54) is 0 Å². The number of carbonyl (C=O) groups is 1. The van der Waals surface area contributed by atoms with Crippen molar-refractivity contribution < 1.29 is 47.3 Å². The van der Waals surface area contributed by atoms with Gasteiger partial charge < -0.3 is 4.55 Å². The molecule has 0 bridgehead atoms. The molecule has 0 amide bonds. The molecule has 0 aromatic rings. The molecule has 0 rings (SSSR count). The summed E-state index contributed by atoms with van der Waals surface area (Å²) in [6, 6.07) is 0. The largest absolute Gasteiger partial charge is 1.00 e. The van der Waals surface area contributed by atoms with Gasteiger partial charge in [0.05, 0.1) is 4.91 Å². The maximum Gasteiger partial charge on any atom is 1.00 e. The molecule has 0 aliphatic rings. The molecule has 0 saturated heterocycles. The van der Waals surface area contributed by atoms with Crippen molar-refractivity contribution in [2.45, 2.75) is 0 Å². The van der Waals surface area contributed by atoms with Gasteiger partial charge in [-0.15, -0.1) is 0 Å². The molecule has 0 aromatic heterocycles. The maximum atomic E-state index is 9.68. The fraction of sp³-hybridized carbons (Fsp3) is 0. The van der Waals surface area contributed by atoms with Crippen LogP contribution in [0.1, 0.15) is 0 Å². The third kappa shape index (κ3) is 4.80. The fourth-order valence-corrected chi connectivity index (χ4v) is 0.177. The summed E-state index contributed by atoms with van der Waals surface area (Å²) in [6.07, 6.45) is -0.0949. The molecule has 0 unspecified atom stereocenters. The predicted molar refractivity (Wildman–Crippen MR) is 24.9 cm³/mol. The molecule has 46 valence electrons. The first-order valence-corrected chi connectivity index (χ1v) is 2.99. The van der Waals surface area contributed by atoms with E-state index in [9.17, 15) is 17.8 Å². The summed E-state index contributed by atoms with van der Waals surface area (Å²) >= 11 is 0. The van der Waals surface area contributed by atoms with Gasteiger partial charge in [-0.05, 0) is 0 Å². The van der Waals surface area contributed by atoms with Crippen LogP contribution in [0.2, 0.25) is 0 Å². The Morgan fingerprint density at radius 2 is 1.89 bits per heavy atom. The van der Waals surface area contributed by atoms with Gasteiger partial charge in [-0.3, -0.25) is 4.79 Å². The molecule has 0 aliphatic carbocycles. The minimum Gasteiger partial charge on any atom is -0.744 e. The smallest absolute Gasteiger partial charge is 0.744 e. The summed E-state index contributed by atoms with van der Waals surface area (Å²) in [7, 11) is -4.57. The van der Waals surface area contributed by atoms with Crippen molar-refractivity contribution in [3.05, 3.63) is 11.5 Å². The molecule has 0 fully saturated rings. The Hall–Kier alpha value is 0.320. The first-order valence-electron chi connectivity index (χ1n) is 1.58. The molecule has 0 heterocycles. The van der Waals surface area contributed by atoms with Crippen LogP contribution in [0, 0.1) is 0 Å². The van der Waals surface area contributed by atoms with Gasteiger partial charge in [0.1, 0.15) is 10.1 Å². The predicted octanol–water partition coefficient (Wildman–Crippen LogP) is -3.75. The standard InChI is InChI=1S/C3H4O4S.Na/c1-3(2-4)8(5,6)7;/h2H,1H2,(H,5,6,7);/q;+1/p-1. The van der Waals surface area contributed by atoms with Crippen molar-refractivity contribution in [2.24, 2.45) is 0 Å². The van der Waals surface area contributed by atoms with Crippen LogP contribution < -0.4 is 29.6 Å². The van der Waals surface area contributed by atoms with Gasteiger partial charge in [0.2, 0.25) is 0 Å². The van der Waals surface area contributed by atoms with Crippen LogP contribution in [0.3, 0.4) is 0 Å².